The largest absolute Gasteiger partial charge is 0.325 e. The molecule has 0 fully saturated rings. The molecule has 1 amide bonds. The molecule has 0 heterocycles. The molecule has 0 saturated carbocycles. The van der Waals surface area contributed by atoms with Gasteiger partial charge in [-0.25, -0.2) is 0 Å². The molecule has 2 heteroatoms. The molecule has 1 atom stereocenters. The fourth-order valence-corrected chi connectivity index (χ4v) is 2.01. The van der Waals surface area contributed by atoms with Crippen LogP contribution >= 0.6 is 0 Å². The quantitative estimate of drug-likeness (QED) is 0.820. The molecular formula is C15H23NO. The Balaban J connectivity index is 2.84. The van der Waals surface area contributed by atoms with Crippen LogP contribution in [0.1, 0.15) is 44.7 Å². The van der Waals surface area contributed by atoms with Crippen LogP contribution in [0.3, 0.4) is 0 Å². The van der Waals surface area contributed by atoms with Crippen molar-refractivity contribution in [2.45, 2.75) is 47.0 Å². The smallest absolute Gasteiger partial charge is 0.227 e. The molecule has 1 N–H and O–H groups in total. The van der Waals surface area contributed by atoms with Gasteiger partial charge < -0.3 is 5.32 Å². The number of hydrogen-bond acceptors (Lipinski definition) is 1. The first-order valence-electron chi connectivity index (χ1n) is 6.49. The Morgan fingerprint density at radius 2 is 2.06 bits per heavy atom. The number of aryl methyl sites for hydroxylation is 2. The first kappa shape index (κ1) is 13.8. The third-order valence-corrected chi connectivity index (χ3v) is 3.16. The second kappa shape index (κ2) is 6.43. The lowest BCUT2D eigenvalue weighted by molar-refractivity contribution is -0.119. The Labute approximate surface area is 104 Å². The highest BCUT2D eigenvalue weighted by atomic mass is 16.1. The van der Waals surface area contributed by atoms with Crippen molar-refractivity contribution in [3.05, 3.63) is 29.3 Å². The Morgan fingerprint density at radius 3 is 2.65 bits per heavy atom. The summed E-state index contributed by atoms with van der Waals surface area (Å²) in [5.74, 6) is 0.222. The Morgan fingerprint density at radius 1 is 1.35 bits per heavy atom. The van der Waals surface area contributed by atoms with Crippen LogP contribution < -0.4 is 5.32 Å². The van der Waals surface area contributed by atoms with E-state index in [2.05, 4.69) is 25.2 Å². The Hall–Kier alpha value is -1.31. The Kier molecular flexibility index (Phi) is 5.20. The summed E-state index contributed by atoms with van der Waals surface area (Å²) in [6, 6.07) is 6.16. The van der Waals surface area contributed by atoms with Gasteiger partial charge in [0.15, 0.2) is 0 Å². The maximum atomic E-state index is 12.0. The average molecular weight is 233 g/mol. The average Bonchev–Trinajstić information content (AvgIpc) is 2.31. The van der Waals surface area contributed by atoms with Crippen LogP contribution in [0.4, 0.5) is 5.69 Å². The van der Waals surface area contributed by atoms with E-state index in [0.29, 0.717) is 0 Å². The molecule has 0 aromatic heterocycles. The van der Waals surface area contributed by atoms with Gasteiger partial charge >= 0.3 is 0 Å². The van der Waals surface area contributed by atoms with E-state index >= 15 is 0 Å². The number of nitrogens with one attached hydrogen (secondary N) is 1. The molecule has 94 valence electrons. The monoisotopic (exact) mass is 233 g/mol. The summed E-state index contributed by atoms with van der Waals surface area (Å²) in [5.41, 5.74) is 3.35. The molecular weight excluding hydrogens is 210 g/mol. The van der Waals surface area contributed by atoms with Gasteiger partial charge in [-0.15, -0.1) is 0 Å². The molecule has 0 saturated heterocycles. The molecule has 17 heavy (non-hydrogen) atoms. The van der Waals surface area contributed by atoms with E-state index in [0.717, 1.165) is 30.5 Å². The van der Waals surface area contributed by atoms with Gasteiger partial charge in [0.1, 0.15) is 0 Å². The zero-order chi connectivity index (χ0) is 12.8. The summed E-state index contributed by atoms with van der Waals surface area (Å²) < 4.78 is 0. The van der Waals surface area contributed by atoms with Gasteiger partial charge in [-0.2, -0.15) is 0 Å². The summed E-state index contributed by atoms with van der Waals surface area (Å²) in [5, 5.41) is 3.08. The topological polar surface area (TPSA) is 29.1 Å². The molecule has 2 nitrogen and oxygen atoms in total. The minimum Gasteiger partial charge on any atom is -0.325 e. The number of amides is 1. The van der Waals surface area contributed by atoms with E-state index in [1.54, 1.807) is 0 Å². The zero-order valence-electron chi connectivity index (χ0n) is 11.3. The van der Waals surface area contributed by atoms with Crippen LogP contribution in [0.25, 0.3) is 0 Å². The zero-order valence-corrected chi connectivity index (χ0v) is 11.3. The predicted molar refractivity (Wildman–Crippen MR) is 73.3 cm³/mol. The minimum atomic E-state index is 0.0873. The van der Waals surface area contributed by atoms with Gasteiger partial charge in [-0.05, 0) is 30.9 Å². The van der Waals surface area contributed by atoms with Crippen LogP contribution in [-0.2, 0) is 11.2 Å². The first-order valence-corrected chi connectivity index (χ1v) is 6.49. The summed E-state index contributed by atoms with van der Waals surface area (Å²) in [6.45, 7) is 8.25. The fourth-order valence-electron chi connectivity index (χ4n) is 2.01. The van der Waals surface area contributed by atoms with Gasteiger partial charge in [-0.1, -0.05) is 45.4 Å². The molecule has 0 bridgehead atoms. The number of carbonyl (C=O) groups is 1. The van der Waals surface area contributed by atoms with Crippen molar-refractivity contribution in [1.29, 1.82) is 0 Å². The van der Waals surface area contributed by atoms with Gasteiger partial charge in [-0.3, -0.25) is 4.79 Å². The van der Waals surface area contributed by atoms with Crippen molar-refractivity contribution < 1.29 is 4.79 Å². The fraction of sp³-hybridized carbons (Fsp3) is 0.533. The Bertz CT molecular complexity index is 385. The molecule has 0 aliphatic rings. The second-order valence-electron chi connectivity index (χ2n) is 4.64. The van der Waals surface area contributed by atoms with Crippen LogP contribution in [0, 0.1) is 12.8 Å². The van der Waals surface area contributed by atoms with Crippen LogP contribution in [-0.4, -0.2) is 5.91 Å². The van der Waals surface area contributed by atoms with Crippen LogP contribution in [0.5, 0.6) is 0 Å². The SMILES string of the molecule is CCCC(C)C(=O)Nc1c(C)cccc1CC. The van der Waals surface area contributed by atoms with Gasteiger partial charge in [0.25, 0.3) is 0 Å². The van der Waals surface area contributed by atoms with Gasteiger partial charge in [0.05, 0.1) is 0 Å². The van der Waals surface area contributed by atoms with Gasteiger partial charge in [0.2, 0.25) is 5.91 Å². The standard InChI is InChI=1S/C15H23NO/c1-5-8-12(4)15(17)16-14-11(3)9-7-10-13(14)6-2/h7,9-10,12H,5-6,8H2,1-4H3,(H,16,17). The lowest BCUT2D eigenvalue weighted by Gasteiger charge is -2.16. The highest BCUT2D eigenvalue weighted by Gasteiger charge is 2.14. The summed E-state index contributed by atoms with van der Waals surface area (Å²) in [7, 11) is 0. The number of rotatable bonds is 5. The van der Waals surface area contributed by atoms with E-state index in [1.165, 1.54) is 5.56 Å². The van der Waals surface area contributed by atoms with Crippen molar-refractivity contribution in [3.63, 3.8) is 0 Å². The molecule has 0 aliphatic carbocycles. The number of para-hydroxylation sites is 1. The van der Waals surface area contributed by atoms with E-state index in [9.17, 15) is 4.79 Å². The number of anilines is 1. The molecule has 0 spiro atoms. The van der Waals surface area contributed by atoms with Crippen LogP contribution in [0.2, 0.25) is 0 Å². The number of hydrogen-bond donors (Lipinski definition) is 1. The van der Waals surface area contributed by atoms with Crippen molar-refractivity contribution >= 4 is 11.6 Å². The lowest BCUT2D eigenvalue weighted by Crippen LogP contribution is -2.21. The van der Waals surface area contributed by atoms with E-state index < -0.39 is 0 Å². The lowest BCUT2D eigenvalue weighted by atomic mass is 10.0. The minimum absolute atomic E-state index is 0.0873. The van der Waals surface area contributed by atoms with Crippen molar-refractivity contribution in [2.75, 3.05) is 5.32 Å². The maximum absolute atomic E-state index is 12.0. The van der Waals surface area contributed by atoms with Crippen LogP contribution in [0.15, 0.2) is 18.2 Å². The highest BCUT2D eigenvalue weighted by molar-refractivity contribution is 5.93. The van der Waals surface area contributed by atoms with E-state index in [1.807, 2.05) is 26.0 Å². The first-order chi connectivity index (χ1) is 8.10. The molecule has 1 aromatic carbocycles. The van der Waals surface area contributed by atoms with Crippen molar-refractivity contribution in [3.8, 4) is 0 Å². The third-order valence-electron chi connectivity index (χ3n) is 3.16. The molecule has 1 aromatic rings. The second-order valence-corrected chi connectivity index (χ2v) is 4.64. The van der Waals surface area contributed by atoms with Gasteiger partial charge in [0, 0.05) is 11.6 Å². The van der Waals surface area contributed by atoms with Crippen molar-refractivity contribution in [1.82, 2.24) is 0 Å². The number of benzene rings is 1. The van der Waals surface area contributed by atoms with E-state index in [-0.39, 0.29) is 11.8 Å². The summed E-state index contributed by atoms with van der Waals surface area (Å²) in [6.07, 6.45) is 2.93. The predicted octanol–water partition coefficient (Wildman–Crippen LogP) is 3.93. The summed E-state index contributed by atoms with van der Waals surface area (Å²) >= 11 is 0. The normalized spacial score (nSPS) is 12.2. The maximum Gasteiger partial charge on any atom is 0.227 e. The van der Waals surface area contributed by atoms with E-state index in [4.69, 9.17) is 0 Å². The van der Waals surface area contributed by atoms with Crippen molar-refractivity contribution in [2.24, 2.45) is 5.92 Å². The summed E-state index contributed by atoms with van der Waals surface area (Å²) in [4.78, 5) is 12.0. The highest BCUT2D eigenvalue weighted by Crippen LogP contribution is 2.22. The molecule has 0 radical (unpaired) electrons. The molecule has 1 rings (SSSR count). The molecule has 0 aliphatic heterocycles. The number of carbonyl (C=O) groups excluding carboxylic acids is 1. The molecule has 1 unspecified atom stereocenters. The third kappa shape index (κ3) is 3.58.